The molecule has 2 aromatic carbocycles. The van der Waals surface area contributed by atoms with Crippen LogP contribution in [0.1, 0.15) is 28.8 Å². The number of hydrogen-bond acceptors (Lipinski definition) is 6. The summed E-state index contributed by atoms with van der Waals surface area (Å²) < 4.78 is 10.4. The van der Waals surface area contributed by atoms with Gasteiger partial charge in [-0.15, -0.1) is 0 Å². The van der Waals surface area contributed by atoms with E-state index in [9.17, 15) is 14.7 Å². The molecule has 0 aliphatic carbocycles. The van der Waals surface area contributed by atoms with E-state index in [1.165, 1.54) is 13.2 Å². The van der Waals surface area contributed by atoms with Crippen LogP contribution in [0.15, 0.2) is 36.4 Å². The van der Waals surface area contributed by atoms with Crippen molar-refractivity contribution in [1.82, 2.24) is 10.6 Å². The topological polar surface area (TPSA) is 96.9 Å². The maximum Gasteiger partial charge on any atom is 0.328 e. The SMILES string of the molecule is CNCCCCOc1c(Cl)cc(C(=O)N[C@@H](Cc2ccccc2)C(=O)OC)c(O)c1Cl. The van der Waals surface area contributed by atoms with Crippen LogP contribution in [0.4, 0.5) is 0 Å². The van der Waals surface area contributed by atoms with Crippen LogP contribution >= 0.6 is 23.2 Å². The number of carbonyl (C=O) groups excluding carboxylic acids is 2. The summed E-state index contributed by atoms with van der Waals surface area (Å²) in [6.45, 7) is 1.20. The molecule has 0 spiro atoms. The summed E-state index contributed by atoms with van der Waals surface area (Å²) in [6.07, 6.45) is 1.88. The molecule has 0 saturated carbocycles. The summed E-state index contributed by atoms with van der Waals surface area (Å²) in [7, 11) is 3.10. The first-order valence-electron chi connectivity index (χ1n) is 9.80. The lowest BCUT2D eigenvalue weighted by Gasteiger charge is -2.18. The quantitative estimate of drug-likeness (QED) is 0.344. The number of amides is 1. The molecule has 3 N–H and O–H groups in total. The maximum atomic E-state index is 12.8. The summed E-state index contributed by atoms with van der Waals surface area (Å²) in [5.41, 5.74) is 0.667. The second-order valence-corrected chi connectivity index (χ2v) is 7.58. The van der Waals surface area contributed by atoms with E-state index >= 15 is 0 Å². The van der Waals surface area contributed by atoms with Gasteiger partial charge in [-0.05, 0) is 38.1 Å². The van der Waals surface area contributed by atoms with Gasteiger partial charge in [0.1, 0.15) is 11.1 Å². The molecule has 0 unspecified atom stereocenters. The molecule has 0 radical (unpaired) electrons. The zero-order chi connectivity index (χ0) is 22.8. The van der Waals surface area contributed by atoms with E-state index in [1.54, 1.807) is 0 Å². The van der Waals surface area contributed by atoms with Crippen molar-refractivity contribution in [3.63, 3.8) is 0 Å². The Morgan fingerprint density at radius 1 is 1.16 bits per heavy atom. The second-order valence-electron chi connectivity index (χ2n) is 6.80. The van der Waals surface area contributed by atoms with E-state index in [0.717, 1.165) is 24.9 Å². The summed E-state index contributed by atoms with van der Waals surface area (Å²) in [4.78, 5) is 25.0. The molecule has 0 aliphatic rings. The molecule has 0 fully saturated rings. The highest BCUT2D eigenvalue weighted by Crippen LogP contribution is 2.42. The van der Waals surface area contributed by atoms with Gasteiger partial charge in [0.15, 0.2) is 11.5 Å². The molecule has 168 valence electrons. The van der Waals surface area contributed by atoms with E-state index < -0.39 is 23.7 Å². The number of esters is 1. The van der Waals surface area contributed by atoms with Crippen molar-refractivity contribution >= 4 is 35.1 Å². The van der Waals surface area contributed by atoms with Gasteiger partial charge in [0.2, 0.25) is 0 Å². The molecule has 1 atom stereocenters. The zero-order valence-electron chi connectivity index (χ0n) is 17.4. The third-order valence-electron chi connectivity index (χ3n) is 4.54. The van der Waals surface area contributed by atoms with Gasteiger partial charge in [0.05, 0.1) is 24.3 Å². The number of hydrogen-bond donors (Lipinski definition) is 3. The first-order chi connectivity index (χ1) is 14.9. The van der Waals surface area contributed by atoms with Gasteiger partial charge in [-0.1, -0.05) is 53.5 Å². The van der Waals surface area contributed by atoms with Gasteiger partial charge in [-0.3, -0.25) is 4.79 Å². The highest BCUT2D eigenvalue weighted by Gasteiger charge is 2.26. The van der Waals surface area contributed by atoms with Crippen LogP contribution in [0.3, 0.4) is 0 Å². The van der Waals surface area contributed by atoms with E-state index in [0.29, 0.717) is 6.61 Å². The van der Waals surface area contributed by atoms with Gasteiger partial charge >= 0.3 is 5.97 Å². The lowest BCUT2D eigenvalue weighted by atomic mass is 10.1. The molecule has 7 nitrogen and oxygen atoms in total. The van der Waals surface area contributed by atoms with Crippen molar-refractivity contribution < 1.29 is 24.2 Å². The first kappa shape index (κ1) is 24.8. The zero-order valence-corrected chi connectivity index (χ0v) is 18.9. The molecule has 2 rings (SSSR count). The summed E-state index contributed by atoms with van der Waals surface area (Å²) in [5, 5.41) is 16.0. The van der Waals surface area contributed by atoms with Crippen LogP contribution < -0.4 is 15.4 Å². The molecule has 2 aromatic rings. The Hall–Kier alpha value is -2.48. The first-order valence-corrected chi connectivity index (χ1v) is 10.6. The molecule has 0 aliphatic heterocycles. The molecule has 1 amide bonds. The summed E-state index contributed by atoms with van der Waals surface area (Å²) in [6, 6.07) is 9.47. The predicted molar refractivity (Wildman–Crippen MR) is 120 cm³/mol. The number of nitrogens with one attached hydrogen (secondary N) is 2. The lowest BCUT2D eigenvalue weighted by molar-refractivity contribution is -0.142. The smallest absolute Gasteiger partial charge is 0.328 e. The number of ether oxygens (including phenoxy) is 2. The summed E-state index contributed by atoms with van der Waals surface area (Å²) in [5.74, 6) is -1.70. The number of rotatable bonds is 11. The van der Waals surface area contributed by atoms with Crippen LogP contribution in [-0.2, 0) is 16.0 Å². The predicted octanol–water partition coefficient (Wildman–Crippen LogP) is 3.59. The van der Waals surface area contributed by atoms with Gasteiger partial charge in [-0.25, -0.2) is 4.79 Å². The number of methoxy groups -OCH3 is 1. The van der Waals surface area contributed by atoms with Gasteiger partial charge in [0.25, 0.3) is 5.91 Å². The third kappa shape index (κ3) is 7.02. The van der Waals surface area contributed by atoms with Crippen LogP contribution in [0.2, 0.25) is 10.0 Å². The van der Waals surface area contributed by atoms with Gasteiger partial charge in [0, 0.05) is 6.42 Å². The average Bonchev–Trinajstić information content (AvgIpc) is 2.77. The number of phenolic OH excluding ortho intramolecular Hbond substituents is 1. The van der Waals surface area contributed by atoms with Crippen molar-refractivity contribution in [3.05, 3.63) is 57.6 Å². The normalized spacial score (nSPS) is 11.6. The fraction of sp³-hybridized carbons (Fsp3) is 0.364. The highest BCUT2D eigenvalue weighted by molar-refractivity contribution is 6.39. The van der Waals surface area contributed by atoms with Gasteiger partial charge in [-0.2, -0.15) is 0 Å². The Bertz CT molecular complexity index is 893. The van der Waals surface area contributed by atoms with Crippen LogP contribution in [0, 0.1) is 0 Å². The molecular weight excluding hydrogens is 443 g/mol. The lowest BCUT2D eigenvalue weighted by Crippen LogP contribution is -2.43. The largest absolute Gasteiger partial charge is 0.505 e. The molecule has 31 heavy (non-hydrogen) atoms. The van der Waals surface area contributed by atoms with Crippen LogP contribution in [-0.4, -0.2) is 50.3 Å². The molecule has 9 heteroatoms. The third-order valence-corrected chi connectivity index (χ3v) is 5.17. The number of phenols is 1. The monoisotopic (exact) mass is 468 g/mol. The fourth-order valence-corrected chi connectivity index (χ4v) is 3.46. The molecule has 0 saturated heterocycles. The van der Waals surface area contributed by atoms with Crippen molar-refractivity contribution in [3.8, 4) is 11.5 Å². The van der Waals surface area contributed by atoms with E-state index in [2.05, 4.69) is 10.6 Å². The Kier molecular flexibility index (Phi) is 9.91. The molecular formula is C22H26Cl2N2O5. The number of benzene rings is 2. The minimum atomic E-state index is -0.958. The van der Waals surface area contributed by atoms with E-state index in [1.807, 2.05) is 37.4 Å². The van der Waals surface area contributed by atoms with Crippen LogP contribution in [0.5, 0.6) is 11.5 Å². The highest BCUT2D eigenvalue weighted by atomic mass is 35.5. The van der Waals surface area contributed by atoms with Crippen molar-refractivity contribution in [1.29, 1.82) is 0 Å². The Labute approximate surface area is 191 Å². The Morgan fingerprint density at radius 3 is 2.52 bits per heavy atom. The van der Waals surface area contributed by atoms with Crippen molar-refractivity contribution in [2.75, 3.05) is 27.3 Å². The van der Waals surface area contributed by atoms with Crippen LogP contribution in [0.25, 0.3) is 0 Å². The maximum absolute atomic E-state index is 12.8. The minimum Gasteiger partial charge on any atom is -0.505 e. The number of halogens is 2. The number of aromatic hydroxyl groups is 1. The number of unbranched alkanes of at least 4 members (excludes halogenated alkanes) is 1. The van der Waals surface area contributed by atoms with E-state index in [-0.39, 0.29) is 27.8 Å². The Morgan fingerprint density at radius 2 is 1.87 bits per heavy atom. The minimum absolute atomic E-state index is 0.0826. The molecule has 0 bridgehead atoms. The van der Waals surface area contributed by atoms with E-state index in [4.69, 9.17) is 32.7 Å². The standard InChI is InChI=1S/C22H26Cl2N2O5/c1-25-10-6-7-11-31-20-16(23)13-15(19(27)18(20)24)21(28)26-17(22(29)30-2)12-14-8-4-3-5-9-14/h3-5,8-9,13,17,25,27H,6-7,10-12H2,1-2H3,(H,26,28)/t17-/m0/s1. The van der Waals surface area contributed by atoms with Gasteiger partial charge < -0.3 is 25.2 Å². The van der Waals surface area contributed by atoms with Crippen molar-refractivity contribution in [2.45, 2.75) is 25.3 Å². The fourth-order valence-electron chi connectivity index (χ4n) is 2.90. The second kappa shape index (κ2) is 12.4. The summed E-state index contributed by atoms with van der Waals surface area (Å²) >= 11 is 12.4. The molecule has 0 aromatic heterocycles. The number of carbonyl (C=O) groups is 2. The Balaban J connectivity index is 2.16. The average molecular weight is 469 g/mol. The molecule has 0 heterocycles. The van der Waals surface area contributed by atoms with Crippen molar-refractivity contribution in [2.24, 2.45) is 0 Å².